The molecule has 0 amide bonds. The van der Waals surface area contributed by atoms with Gasteiger partial charge < -0.3 is 10.1 Å². The van der Waals surface area contributed by atoms with Crippen LogP contribution >= 0.6 is 12.4 Å². The number of hydrogen-bond acceptors (Lipinski definition) is 2. The Bertz CT molecular complexity index is 572. The van der Waals surface area contributed by atoms with E-state index >= 15 is 0 Å². The zero-order chi connectivity index (χ0) is 12.7. The van der Waals surface area contributed by atoms with Crippen molar-refractivity contribution in [3.05, 3.63) is 59.7 Å². The summed E-state index contributed by atoms with van der Waals surface area (Å²) in [4.78, 5) is 0. The number of fused-ring (bicyclic) bond motifs is 4. The summed E-state index contributed by atoms with van der Waals surface area (Å²) in [6, 6.07) is 17.0. The van der Waals surface area contributed by atoms with E-state index < -0.39 is 0 Å². The summed E-state index contributed by atoms with van der Waals surface area (Å²) in [5, 5.41) is 3.48. The first-order valence-corrected chi connectivity index (χ1v) is 6.98. The zero-order valence-electron chi connectivity index (χ0n) is 11.3. The molecule has 104 valence electrons. The van der Waals surface area contributed by atoms with Crippen molar-refractivity contribution in [2.75, 3.05) is 13.1 Å². The Kier molecular flexibility index (Phi) is 3.45. The second kappa shape index (κ2) is 5.12. The maximum absolute atomic E-state index is 6.08. The third-order valence-corrected chi connectivity index (χ3v) is 4.48. The minimum absolute atomic E-state index is 0. The molecule has 0 bridgehead atoms. The van der Waals surface area contributed by atoms with Crippen LogP contribution in [0, 0.1) is 0 Å². The molecule has 0 aromatic heterocycles. The van der Waals surface area contributed by atoms with Crippen molar-refractivity contribution >= 4 is 12.4 Å². The number of halogens is 1. The van der Waals surface area contributed by atoms with Gasteiger partial charge in [-0.2, -0.15) is 0 Å². The van der Waals surface area contributed by atoms with Crippen molar-refractivity contribution in [1.82, 2.24) is 5.32 Å². The fourth-order valence-electron chi connectivity index (χ4n) is 3.56. The maximum Gasteiger partial charge on any atom is 0.131 e. The Morgan fingerprint density at radius 2 is 1.30 bits per heavy atom. The average Bonchev–Trinajstić information content (AvgIpc) is 2.49. The molecule has 3 heteroatoms. The Hall–Kier alpha value is -1.51. The van der Waals surface area contributed by atoms with E-state index in [4.69, 9.17) is 4.74 Å². The van der Waals surface area contributed by atoms with Crippen molar-refractivity contribution in [3.63, 3.8) is 0 Å². The van der Waals surface area contributed by atoms with E-state index in [9.17, 15) is 0 Å². The summed E-state index contributed by atoms with van der Waals surface area (Å²) in [6.07, 6.45) is 2.29. The number of benzene rings is 2. The van der Waals surface area contributed by atoms with Gasteiger partial charge in [-0.1, -0.05) is 36.4 Å². The standard InChI is InChI=1S/C17H17NO.ClH/c1-3-7-15-13(5-1)17(9-11-18-12-10-17)14-6-2-4-8-16(14)19-15;/h1-8,18H,9-12H2;1H. The number of hydrogen-bond donors (Lipinski definition) is 1. The van der Waals surface area contributed by atoms with Crippen LogP contribution < -0.4 is 10.1 Å². The summed E-state index contributed by atoms with van der Waals surface area (Å²) >= 11 is 0. The van der Waals surface area contributed by atoms with Gasteiger partial charge in [-0.3, -0.25) is 0 Å². The molecule has 2 aliphatic rings. The Morgan fingerprint density at radius 3 is 1.85 bits per heavy atom. The molecule has 0 atom stereocenters. The smallest absolute Gasteiger partial charge is 0.131 e. The maximum atomic E-state index is 6.08. The summed E-state index contributed by atoms with van der Waals surface area (Å²) in [7, 11) is 0. The summed E-state index contributed by atoms with van der Waals surface area (Å²) in [6.45, 7) is 2.14. The lowest BCUT2D eigenvalue weighted by atomic mass is 9.67. The first-order valence-electron chi connectivity index (χ1n) is 6.98. The van der Waals surface area contributed by atoms with Gasteiger partial charge in [-0.15, -0.1) is 12.4 Å². The third-order valence-electron chi connectivity index (χ3n) is 4.48. The van der Waals surface area contributed by atoms with Gasteiger partial charge in [0, 0.05) is 16.5 Å². The second-order valence-electron chi connectivity index (χ2n) is 5.43. The molecule has 1 fully saturated rings. The molecule has 2 aromatic rings. The highest BCUT2D eigenvalue weighted by Gasteiger charge is 2.42. The van der Waals surface area contributed by atoms with Gasteiger partial charge in [0.2, 0.25) is 0 Å². The fourth-order valence-corrected chi connectivity index (χ4v) is 3.56. The van der Waals surface area contributed by atoms with Crippen molar-refractivity contribution in [2.45, 2.75) is 18.3 Å². The SMILES string of the molecule is Cl.c1ccc2c(c1)Oc1ccccc1C21CCNCC1. The molecule has 4 rings (SSSR count). The van der Waals surface area contributed by atoms with Crippen LogP contribution in [0.25, 0.3) is 0 Å². The monoisotopic (exact) mass is 287 g/mol. The van der Waals surface area contributed by atoms with Crippen LogP contribution in [-0.2, 0) is 5.41 Å². The van der Waals surface area contributed by atoms with Crippen LogP contribution in [-0.4, -0.2) is 13.1 Å². The molecule has 0 saturated carbocycles. The van der Waals surface area contributed by atoms with E-state index in [1.165, 1.54) is 11.1 Å². The third kappa shape index (κ3) is 1.83. The van der Waals surface area contributed by atoms with Crippen molar-refractivity contribution in [1.29, 1.82) is 0 Å². The van der Waals surface area contributed by atoms with E-state index in [1.54, 1.807) is 0 Å². The highest BCUT2D eigenvalue weighted by molar-refractivity contribution is 5.85. The van der Waals surface area contributed by atoms with Crippen molar-refractivity contribution in [2.24, 2.45) is 0 Å². The van der Waals surface area contributed by atoms with E-state index in [1.807, 2.05) is 0 Å². The van der Waals surface area contributed by atoms with E-state index in [0.29, 0.717) is 0 Å². The fraction of sp³-hybridized carbons (Fsp3) is 0.294. The number of nitrogens with one attached hydrogen (secondary N) is 1. The first-order chi connectivity index (χ1) is 9.40. The van der Waals surface area contributed by atoms with Gasteiger partial charge in [0.25, 0.3) is 0 Å². The van der Waals surface area contributed by atoms with E-state index in [-0.39, 0.29) is 17.8 Å². The minimum Gasteiger partial charge on any atom is -0.457 e. The Labute approximate surface area is 125 Å². The number of para-hydroxylation sites is 2. The van der Waals surface area contributed by atoms with Crippen LogP contribution in [0.2, 0.25) is 0 Å². The lowest BCUT2D eigenvalue weighted by Crippen LogP contribution is -2.42. The van der Waals surface area contributed by atoms with Gasteiger partial charge in [0.05, 0.1) is 0 Å². The summed E-state index contributed by atoms with van der Waals surface area (Å²) in [5.74, 6) is 2.06. The van der Waals surface area contributed by atoms with Gasteiger partial charge in [-0.05, 0) is 38.1 Å². The van der Waals surface area contributed by atoms with Crippen molar-refractivity contribution < 1.29 is 4.74 Å². The molecular weight excluding hydrogens is 270 g/mol. The Morgan fingerprint density at radius 1 is 0.800 bits per heavy atom. The van der Waals surface area contributed by atoms with Crippen LogP contribution in [0.5, 0.6) is 11.5 Å². The molecule has 2 aliphatic heterocycles. The van der Waals surface area contributed by atoms with Gasteiger partial charge >= 0.3 is 0 Å². The van der Waals surface area contributed by atoms with Crippen LogP contribution in [0.4, 0.5) is 0 Å². The predicted octanol–water partition coefficient (Wildman–Crippen LogP) is 3.88. The van der Waals surface area contributed by atoms with Gasteiger partial charge in [-0.25, -0.2) is 0 Å². The summed E-state index contributed by atoms with van der Waals surface area (Å²) in [5.41, 5.74) is 2.85. The topological polar surface area (TPSA) is 21.3 Å². The number of rotatable bonds is 0. The van der Waals surface area contributed by atoms with Crippen molar-refractivity contribution in [3.8, 4) is 11.5 Å². The van der Waals surface area contributed by atoms with E-state index in [2.05, 4.69) is 53.8 Å². The molecule has 0 aliphatic carbocycles. The quantitative estimate of drug-likeness (QED) is 0.794. The van der Waals surface area contributed by atoms with Crippen LogP contribution in [0.1, 0.15) is 24.0 Å². The molecule has 1 N–H and O–H groups in total. The Balaban J connectivity index is 0.00000121. The van der Waals surface area contributed by atoms with Gasteiger partial charge in [0.1, 0.15) is 11.5 Å². The van der Waals surface area contributed by atoms with Gasteiger partial charge in [0.15, 0.2) is 0 Å². The first kappa shape index (κ1) is 13.5. The minimum atomic E-state index is 0. The molecule has 0 radical (unpaired) electrons. The molecule has 2 nitrogen and oxygen atoms in total. The average molecular weight is 288 g/mol. The largest absolute Gasteiger partial charge is 0.457 e. The predicted molar refractivity (Wildman–Crippen MR) is 83.1 cm³/mol. The molecular formula is C17H18ClNO. The highest BCUT2D eigenvalue weighted by Crippen LogP contribution is 2.51. The second-order valence-corrected chi connectivity index (χ2v) is 5.43. The normalized spacial score (nSPS) is 18.4. The molecule has 1 spiro atoms. The molecule has 20 heavy (non-hydrogen) atoms. The molecule has 2 aromatic carbocycles. The number of piperidine rings is 1. The van der Waals surface area contributed by atoms with E-state index in [0.717, 1.165) is 37.4 Å². The molecule has 2 heterocycles. The number of ether oxygens (including phenoxy) is 1. The van der Waals surface area contributed by atoms with Crippen LogP contribution in [0.15, 0.2) is 48.5 Å². The molecule has 0 unspecified atom stereocenters. The van der Waals surface area contributed by atoms with Crippen LogP contribution in [0.3, 0.4) is 0 Å². The lowest BCUT2D eigenvalue weighted by Gasteiger charge is -2.43. The lowest BCUT2D eigenvalue weighted by molar-refractivity contribution is 0.318. The highest BCUT2D eigenvalue weighted by atomic mass is 35.5. The molecule has 1 saturated heterocycles. The summed E-state index contributed by atoms with van der Waals surface area (Å²) < 4.78 is 6.08. The zero-order valence-corrected chi connectivity index (χ0v) is 12.1.